The highest BCUT2D eigenvalue weighted by Gasteiger charge is 2.25. The van der Waals surface area contributed by atoms with Crippen LogP contribution in [0.25, 0.3) is 0 Å². The Balaban J connectivity index is 2.20. The van der Waals surface area contributed by atoms with Crippen LogP contribution in [0.3, 0.4) is 0 Å². The van der Waals surface area contributed by atoms with E-state index in [4.69, 9.17) is 17.3 Å². The number of nitrogens with two attached hydrogens (primary N) is 1. The highest BCUT2D eigenvalue weighted by atomic mass is 35.5. The van der Waals surface area contributed by atoms with Crippen molar-refractivity contribution >= 4 is 11.6 Å². The zero-order valence-corrected chi connectivity index (χ0v) is 9.30. The smallest absolute Gasteiger partial charge is 0.129 e. The van der Waals surface area contributed by atoms with Crippen molar-refractivity contribution in [2.75, 3.05) is 0 Å². The first kappa shape index (κ1) is 10.9. The van der Waals surface area contributed by atoms with E-state index in [1.54, 1.807) is 12.1 Å². The second kappa shape index (κ2) is 4.50. The standard InChI is InChI=1S/C12H15ClFN/c13-9-5-6-10(11(14)7-9)12(15)8-3-1-2-4-8/h5-8,12H,1-4,15H2/t12-/m0/s1. The Labute approximate surface area is 94.4 Å². The molecule has 15 heavy (non-hydrogen) atoms. The molecule has 1 aliphatic carbocycles. The van der Waals surface area contributed by atoms with Crippen LogP contribution in [0.2, 0.25) is 5.02 Å². The Bertz CT molecular complexity index is 347. The van der Waals surface area contributed by atoms with Gasteiger partial charge >= 0.3 is 0 Å². The summed E-state index contributed by atoms with van der Waals surface area (Å²) < 4.78 is 13.6. The number of hydrogen-bond donors (Lipinski definition) is 1. The van der Waals surface area contributed by atoms with Crippen LogP contribution in [0.4, 0.5) is 4.39 Å². The van der Waals surface area contributed by atoms with E-state index >= 15 is 0 Å². The summed E-state index contributed by atoms with van der Waals surface area (Å²) in [7, 11) is 0. The van der Waals surface area contributed by atoms with E-state index in [2.05, 4.69) is 0 Å². The van der Waals surface area contributed by atoms with Crippen LogP contribution in [-0.4, -0.2) is 0 Å². The first-order valence-corrected chi connectivity index (χ1v) is 5.77. The molecule has 0 saturated heterocycles. The average molecular weight is 228 g/mol. The zero-order chi connectivity index (χ0) is 10.8. The minimum absolute atomic E-state index is 0.176. The van der Waals surface area contributed by atoms with Crippen LogP contribution in [0.1, 0.15) is 37.3 Å². The first-order valence-electron chi connectivity index (χ1n) is 5.39. The summed E-state index contributed by atoms with van der Waals surface area (Å²) in [5.74, 6) is 0.155. The van der Waals surface area contributed by atoms with E-state index in [0.29, 0.717) is 16.5 Å². The molecule has 0 aliphatic heterocycles. The maximum Gasteiger partial charge on any atom is 0.129 e. The molecule has 3 heteroatoms. The first-order chi connectivity index (χ1) is 7.18. The van der Waals surface area contributed by atoms with Gasteiger partial charge in [-0.3, -0.25) is 0 Å². The molecule has 2 rings (SSSR count). The van der Waals surface area contributed by atoms with E-state index < -0.39 is 0 Å². The Morgan fingerprint density at radius 3 is 2.60 bits per heavy atom. The topological polar surface area (TPSA) is 26.0 Å². The highest BCUT2D eigenvalue weighted by molar-refractivity contribution is 6.30. The van der Waals surface area contributed by atoms with Crippen LogP contribution in [0.15, 0.2) is 18.2 Å². The maximum absolute atomic E-state index is 13.6. The lowest BCUT2D eigenvalue weighted by Gasteiger charge is -2.19. The molecule has 1 atom stereocenters. The summed E-state index contributed by atoms with van der Waals surface area (Å²) in [5, 5.41) is 0.426. The van der Waals surface area contributed by atoms with E-state index in [9.17, 15) is 4.39 Å². The summed E-state index contributed by atoms with van der Waals surface area (Å²) in [6, 6.07) is 4.57. The number of benzene rings is 1. The fourth-order valence-electron chi connectivity index (χ4n) is 2.34. The normalized spacial score (nSPS) is 19.4. The molecular formula is C12H15ClFN. The van der Waals surface area contributed by atoms with Gasteiger partial charge in [0.25, 0.3) is 0 Å². The molecule has 0 bridgehead atoms. The van der Waals surface area contributed by atoms with Crippen molar-refractivity contribution in [3.05, 3.63) is 34.6 Å². The second-order valence-electron chi connectivity index (χ2n) is 4.24. The molecule has 0 unspecified atom stereocenters. The minimum Gasteiger partial charge on any atom is -0.324 e. The lowest BCUT2D eigenvalue weighted by atomic mass is 9.92. The molecule has 1 aromatic carbocycles. The zero-order valence-electron chi connectivity index (χ0n) is 8.55. The van der Waals surface area contributed by atoms with Gasteiger partial charge in [0.2, 0.25) is 0 Å². The molecule has 0 spiro atoms. The van der Waals surface area contributed by atoms with Crippen LogP contribution in [0.5, 0.6) is 0 Å². The Morgan fingerprint density at radius 1 is 1.33 bits per heavy atom. The van der Waals surface area contributed by atoms with Crippen molar-refractivity contribution in [2.45, 2.75) is 31.7 Å². The molecule has 1 saturated carbocycles. The third-order valence-electron chi connectivity index (χ3n) is 3.23. The van der Waals surface area contributed by atoms with Gasteiger partial charge in [-0.2, -0.15) is 0 Å². The molecular weight excluding hydrogens is 213 g/mol. The fourth-order valence-corrected chi connectivity index (χ4v) is 2.50. The van der Waals surface area contributed by atoms with Crippen molar-refractivity contribution in [1.29, 1.82) is 0 Å². The van der Waals surface area contributed by atoms with Crippen molar-refractivity contribution in [2.24, 2.45) is 11.7 Å². The number of hydrogen-bond acceptors (Lipinski definition) is 1. The predicted molar refractivity (Wildman–Crippen MR) is 60.3 cm³/mol. The van der Waals surface area contributed by atoms with Crippen LogP contribution in [-0.2, 0) is 0 Å². The lowest BCUT2D eigenvalue weighted by molar-refractivity contribution is 0.429. The summed E-state index contributed by atoms with van der Waals surface area (Å²) >= 11 is 5.70. The van der Waals surface area contributed by atoms with Crippen LogP contribution < -0.4 is 5.73 Å². The summed E-state index contributed by atoms with van der Waals surface area (Å²) in [4.78, 5) is 0. The Kier molecular flexibility index (Phi) is 3.27. The number of rotatable bonds is 2. The van der Waals surface area contributed by atoms with Gasteiger partial charge in [0.15, 0.2) is 0 Å². The molecule has 1 aliphatic rings. The van der Waals surface area contributed by atoms with Crippen molar-refractivity contribution < 1.29 is 4.39 Å². The minimum atomic E-state index is -0.276. The SMILES string of the molecule is N[C@H](c1ccc(Cl)cc1F)C1CCCC1. The molecule has 0 aromatic heterocycles. The molecule has 0 radical (unpaired) electrons. The monoisotopic (exact) mass is 227 g/mol. The van der Waals surface area contributed by atoms with Gasteiger partial charge in [0, 0.05) is 16.6 Å². The second-order valence-corrected chi connectivity index (χ2v) is 4.67. The summed E-state index contributed by atoms with van der Waals surface area (Å²) in [5.41, 5.74) is 6.67. The van der Waals surface area contributed by atoms with E-state index in [1.807, 2.05) is 0 Å². The third-order valence-corrected chi connectivity index (χ3v) is 3.46. The molecule has 1 fully saturated rings. The molecule has 0 heterocycles. The van der Waals surface area contributed by atoms with E-state index in [1.165, 1.54) is 18.9 Å². The van der Waals surface area contributed by atoms with Crippen LogP contribution in [0, 0.1) is 11.7 Å². The van der Waals surface area contributed by atoms with Crippen molar-refractivity contribution in [3.8, 4) is 0 Å². The summed E-state index contributed by atoms with van der Waals surface area (Å²) in [6.07, 6.45) is 4.66. The summed E-state index contributed by atoms with van der Waals surface area (Å²) in [6.45, 7) is 0. The van der Waals surface area contributed by atoms with E-state index in [-0.39, 0.29) is 11.9 Å². The molecule has 2 N–H and O–H groups in total. The van der Waals surface area contributed by atoms with Gasteiger partial charge < -0.3 is 5.73 Å². The van der Waals surface area contributed by atoms with Gasteiger partial charge in [0.1, 0.15) is 5.82 Å². The van der Waals surface area contributed by atoms with Crippen molar-refractivity contribution in [3.63, 3.8) is 0 Å². The Hall–Kier alpha value is -0.600. The van der Waals surface area contributed by atoms with Crippen molar-refractivity contribution in [1.82, 2.24) is 0 Å². The lowest BCUT2D eigenvalue weighted by Crippen LogP contribution is -2.20. The van der Waals surface area contributed by atoms with Gasteiger partial charge in [-0.15, -0.1) is 0 Å². The van der Waals surface area contributed by atoms with Gasteiger partial charge in [0.05, 0.1) is 0 Å². The highest BCUT2D eigenvalue weighted by Crippen LogP contribution is 2.35. The molecule has 1 aromatic rings. The average Bonchev–Trinajstić information content (AvgIpc) is 2.69. The predicted octanol–water partition coefficient (Wildman–Crippen LogP) is 3.67. The Morgan fingerprint density at radius 2 is 2.00 bits per heavy atom. The van der Waals surface area contributed by atoms with E-state index in [0.717, 1.165) is 12.8 Å². The largest absolute Gasteiger partial charge is 0.324 e. The molecule has 82 valence electrons. The van der Waals surface area contributed by atoms with Crippen LogP contribution >= 0.6 is 11.6 Å². The molecule has 0 amide bonds. The van der Waals surface area contributed by atoms with Gasteiger partial charge in [-0.25, -0.2) is 4.39 Å². The van der Waals surface area contributed by atoms with Gasteiger partial charge in [-0.1, -0.05) is 30.5 Å². The fraction of sp³-hybridized carbons (Fsp3) is 0.500. The van der Waals surface area contributed by atoms with Gasteiger partial charge in [-0.05, 0) is 30.9 Å². The molecule has 1 nitrogen and oxygen atoms in total. The maximum atomic E-state index is 13.6. The quantitative estimate of drug-likeness (QED) is 0.820. The number of halogens is 2. The third kappa shape index (κ3) is 2.32.